The third-order valence-electron chi connectivity index (χ3n) is 2.86. The molecule has 1 rings (SSSR count). The van der Waals surface area contributed by atoms with Crippen molar-refractivity contribution in [3.05, 3.63) is 29.8 Å². The highest BCUT2D eigenvalue weighted by molar-refractivity contribution is 5.88. The van der Waals surface area contributed by atoms with E-state index < -0.39 is 5.92 Å². The molecule has 0 radical (unpaired) electrons. The number of Topliss-reactive ketones (excluding diaryl/α,β-unsaturated/α-hetero) is 1. The minimum Gasteiger partial charge on any atom is -0.493 e. The zero-order chi connectivity index (χ0) is 15.1. The monoisotopic (exact) mass is 273 g/mol. The largest absolute Gasteiger partial charge is 0.493 e. The summed E-state index contributed by atoms with van der Waals surface area (Å²) in [5, 5.41) is 9.21. The molecule has 0 fully saturated rings. The van der Waals surface area contributed by atoms with Gasteiger partial charge >= 0.3 is 0 Å². The predicted molar refractivity (Wildman–Crippen MR) is 79.6 cm³/mol. The summed E-state index contributed by atoms with van der Waals surface area (Å²) in [6.07, 6.45) is 0.434. The van der Waals surface area contributed by atoms with E-state index in [0.717, 1.165) is 11.3 Å². The van der Waals surface area contributed by atoms with Gasteiger partial charge < -0.3 is 4.74 Å². The van der Waals surface area contributed by atoms with E-state index in [1.54, 1.807) is 0 Å². The van der Waals surface area contributed by atoms with Crippen molar-refractivity contribution in [2.24, 2.45) is 11.8 Å². The molecule has 0 aliphatic heterocycles. The van der Waals surface area contributed by atoms with Crippen LogP contribution in [0.1, 0.15) is 45.6 Å². The first-order chi connectivity index (χ1) is 9.43. The highest BCUT2D eigenvalue weighted by Crippen LogP contribution is 2.22. The maximum absolute atomic E-state index is 12.0. The predicted octanol–water partition coefficient (Wildman–Crippen LogP) is 3.94. The average molecular weight is 273 g/mol. The van der Waals surface area contributed by atoms with Gasteiger partial charge in [0.25, 0.3) is 0 Å². The number of nitriles is 1. The van der Waals surface area contributed by atoms with Crippen LogP contribution in [0.2, 0.25) is 0 Å². The zero-order valence-corrected chi connectivity index (χ0v) is 12.7. The Morgan fingerprint density at radius 3 is 2.20 bits per heavy atom. The lowest BCUT2D eigenvalue weighted by molar-refractivity contribution is -0.120. The molecule has 0 aromatic heterocycles. The third kappa shape index (κ3) is 5.05. The molecule has 0 saturated heterocycles. The van der Waals surface area contributed by atoms with Gasteiger partial charge in [0.15, 0.2) is 5.78 Å². The first kappa shape index (κ1) is 16.2. The Bertz CT molecular complexity index is 469. The summed E-state index contributed by atoms with van der Waals surface area (Å²) >= 11 is 0. The Kier molecular flexibility index (Phi) is 6.24. The summed E-state index contributed by atoms with van der Waals surface area (Å²) in [6, 6.07) is 9.37. The average Bonchev–Trinajstić information content (AvgIpc) is 2.37. The Balaban J connectivity index is 2.75. The van der Waals surface area contributed by atoms with Gasteiger partial charge in [0.2, 0.25) is 0 Å². The first-order valence-corrected chi connectivity index (χ1v) is 7.09. The van der Waals surface area contributed by atoms with Crippen molar-refractivity contribution in [3.8, 4) is 11.8 Å². The Hall–Kier alpha value is -1.82. The fraction of sp³-hybridized carbons (Fsp3) is 0.529. The molecule has 0 aliphatic carbocycles. The van der Waals surface area contributed by atoms with E-state index in [4.69, 9.17) is 4.74 Å². The number of carbonyl (C=O) groups excluding carboxylic acids is 1. The molecular formula is C17H23NO2. The molecule has 20 heavy (non-hydrogen) atoms. The van der Waals surface area contributed by atoms with Crippen molar-refractivity contribution in [1.29, 1.82) is 5.26 Å². The summed E-state index contributed by atoms with van der Waals surface area (Å²) in [5.41, 5.74) is 0.745. The second-order valence-corrected chi connectivity index (χ2v) is 5.90. The van der Waals surface area contributed by atoms with E-state index in [0.29, 0.717) is 18.9 Å². The van der Waals surface area contributed by atoms with E-state index in [1.807, 2.05) is 38.1 Å². The second kappa shape index (κ2) is 7.69. The number of ether oxygens (including phenoxy) is 1. The van der Waals surface area contributed by atoms with Crippen molar-refractivity contribution < 1.29 is 9.53 Å². The summed E-state index contributed by atoms with van der Waals surface area (Å²) < 4.78 is 5.59. The molecule has 0 N–H and O–H groups in total. The molecule has 108 valence electrons. The third-order valence-corrected chi connectivity index (χ3v) is 2.86. The summed E-state index contributed by atoms with van der Waals surface area (Å²) in [6.45, 7) is 8.80. The van der Waals surface area contributed by atoms with Gasteiger partial charge in [0.05, 0.1) is 12.7 Å². The van der Waals surface area contributed by atoms with Gasteiger partial charge in [0.1, 0.15) is 11.7 Å². The standard InChI is InChI=1S/C17H23NO2/c1-12(2)9-17(19)16(10-18)14-5-7-15(8-6-14)20-11-13(3)4/h5-8,12-13,16H,9,11H2,1-4H3. The second-order valence-electron chi connectivity index (χ2n) is 5.90. The van der Waals surface area contributed by atoms with E-state index >= 15 is 0 Å². The number of rotatable bonds is 7. The normalized spacial score (nSPS) is 12.2. The fourth-order valence-electron chi connectivity index (χ4n) is 1.87. The van der Waals surface area contributed by atoms with Crippen LogP contribution < -0.4 is 4.74 Å². The van der Waals surface area contributed by atoms with Crippen LogP contribution in [0.15, 0.2) is 24.3 Å². The Morgan fingerprint density at radius 1 is 1.15 bits per heavy atom. The molecule has 0 amide bonds. The molecule has 1 aromatic carbocycles. The maximum atomic E-state index is 12.0. The van der Waals surface area contributed by atoms with Crippen LogP contribution in [0.25, 0.3) is 0 Å². The maximum Gasteiger partial charge on any atom is 0.154 e. The van der Waals surface area contributed by atoms with Crippen LogP contribution in [-0.4, -0.2) is 12.4 Å². The molecule has 1 atom stereocenters. The molecule has 3 heteroatoms. The minimum atomic E-state index is -0.670. The molecule has 0 heterocycles. The molecule has 3 nitrogen and oxygen atoms in total. The number of benzene rings is 1. The van der Waals surface area contributed by atoms with E-state index in [2.05, 4.69) is 19.9 Å². The van der Waals surface area contributed by atoms with Crippen LogP contribution in [-0.2, 0) is 4.79 Å². The zero-order valence-electron chi connectivity index (χ0n) is 12.7. The van der Waals surface area contributed by atoms with Crippen molar-refractivity contribution in [2.45, 2.75) is 40.0 Å². The summed E-state index contributed by atoms with van der Waals surface area (Å²) in [5.74, 6) is 0.825. The van der Waals surface area contributed by atoms with Crippen LogP contribution >= 0.6 is 0 Å². The van der Waals surface area contributed by atoms with Gasteiger partial charge in [-0.3, -0.25) is 4.79 Å². The SMILES string of the molecule is CC(C)COc1ccc(C(C#N)C(=O)CC(C)C)cc1. The molecule has 0 aliphatic rings. The minimum absolute atomic E-state index is 0.0154. The van der Waals surface area contributed by atoms with Crippen LogP contribution in [0, 0.1) is 23.2 Å². The molecule has 0 saturated carbocycles. The Morgan fingerprint density at radius 2 is 1.75 bits per heavy atom. The van der Waals surface area contributed by atoms with Crippen LogP contribution in [0.5, 0.6) is 5.75 Å². The number of hydrogen-bond donors (Lipinski definition) is 0. The molecule has 1 aromatic rings. The van der Waals surface area contributed by atoms with Crippen LogP contribution in [0.4, 0.5) is 0 Å². The molecule has 0 bridgehead atoms. The molecular weight excluding hydrogens is 250 g/mol. The van der Waals surface area contributed by atoms with Gasteiger partial charge in [-0.15, -0.1) is 0 Å². The lowest BCUT2D eigenvalue weighted by Crippen LogP contribution is -2.13. The quantitative estimate of drug-likeness (QED) is 0.756. The lowest BCUT2D eigenvalue weighted by atomic mass is 9.91. The summed E-state index contributed by atoms with van der Waals surface area (Å²) in [4.78, 5) is 12.0. The number of hydrogen-bond acceptors (Lipinski definition) is 3. The van der Waals surface area contributed by atoms with Gasteiger partial charge in [-0.1, -0.05) is 39.8 Å². The van der Waals surface area contributed by atoms with Crippen molar-refractivity contribution in [1.82, 2.24) is 0 Å². The smallest absolute Gasteiger partial charge is 0.154 e. The van der Waals surface area contributed by atoms with Crippen molar-refractivity contribution in [2.75, 3.05) is 6.61 Å². The van der Waals surface area contributed by atoms with Crippen molar-refractivity contribution in [3.63, 3.8) is 0 Å². The highest BCUT2D eigenvalue weighted by Gasteiger charge is 2.20. The van der Waals surface area contributed by atoms with Gasteiger partial charge in [-0.05, 0) is 29.5 Å². The van der Waals surface area contributed by atoms with E-state index in [1.165, 1.54) is 0 Å². The van der Waals surface area contributed by atoms with Crippen molar-refractivity contribution >= 4 is 5.78 Å². The van der Waals surface area contributed by atoms with Gasteiger partial charge in [-0.2, -0.15) is 5.26 Å². The first-order valence-electron chi connectivity index (χ1n) is 7.09. The topological polar surface area (TPSA) is 50.1 Å². The fourth-order valence-corrected chi connectivity index (χ4v) is 1.87. The van der Waals surface area contributed by atoms with Crippen LogP contribution in [0.3, 0.4) is 0 Å². The lowest BCUT2D eigenvalue weighted by Gasteiger charge is -2.12. The highest BCUT2D eigenvalue weighted by atomic mass is 16.5. The number of ketones is 1. The van der Waals surface area contributed by atoms with Gasteiger partial charge in [0, 0.05) is 6.42 Å². The van der Waals surface area contributed by atoms with E-state index in [9.17, 15) is 10.1 Å². The van der Waals surface area contributed by atoms with E-state index in [-0.39, 0.29) is 11.7 Å². The van der Waals surface area contributed by atoms with Gasteiger partial charge in [-0.25, -0.2) is 0 Å². The summed E-state index contributed by atoms with van der Waals surface area (Å²) in [7, 11) is 0. The number of carbonyl (C=O) groups is 1. The Labute approximate surface area is 121 Å². The number of nitrogens with zero attached hydrogens (tertiary/aromatic N) is 1. The molecule has 0 spiro atoms. The molecule has 1 unspecified atom stereocenters.